The summed E-state index contributed by atoms with van der Waals surface area (Å²) in [4.78, 5) is 10.3. The molecule has 1 N–H and O–H groups in total. The van der Waals surface area contributed by atoms with Crippen molar-refractivity contribution in [1.82, 2.24) is 4.31 Å². The van der Waals surface area contributed by atoms with Crippen molar-refractivity contribution in [3.05, 3.63) is 58.1 Å². The molecule has 0 aliphatic carbocycles. The van der Waals surface area contributed by atoms with Crippen molar-refractivity contribution in [3.63, 3.8) is 0 Å². The molecule has 0 saturated carbocycles. The lowest BCUT2D eigenvalue weighted by Gasteiger charge is -2.20. The van der Waals surface area contributed by atoms with E-state index in [0.717, 1.165) is 6.07 Å². The molecule has 0 saturated heterocycles. The van der Waals surface area contributed by atoms with E-state index in [-0.39, 0.29) is 29.4 Å². The number of nitro benzene ring substituents is 1. The summed E-state index contributed by atoms with van der Waals surface area (Å²) in [5.74, 6) is 0.639. The maximum Gasteiger partial charge on any atom is 0.270 e. The minimum Gasteiger partial charge on any atom is -0.493 e. The molecular formula is C19H24N4O5S. The third-order valence-electron chi connectivity index (χ3n) is 4.11. The van der Waals surface area contributed by atoms with Crippen LogP contribution in [0, 0.1) is 10.1 Å². The average Bonchev–Trinajstić information content (AvgIpc) is 2.70. The van der Waals surface area contributed by atoms with E-state index in [1.807, 2.05) is 19.1 Å². The van der Waals surface area contributed by atoms with Gasteiger partial charge >= 0.3 is 0 Å². The summed E-state index contributed by atoms with van der Waals surface area (Å²) in [5, 5.41) is 15.2. The van der Waals surface area contributed by atoms with Crippen LogP contribution in [0.4, 0.5) is 11.4 Å². The topological polar surface area (TPSA) is 114 Å². The highest BCUT2D eigenvalue weighted by Gasteiger charge is 2.27. The molecule has 0 heterocycles. The molecule has 29 heavy (non-hydrogen) atoms. The van der Waals surface area contributed by atoms with E-state index in [0.29, 0.717) is 17.9 Å². The number of benzene rings is 2. The smallest absolute Gasteiger partial charge is 0.270 e. The molecule has 0 fully saturated rings. The Morgan fingerprint density at radius 3 is 2.48 bits per heavy atom. The summed E-state index contributed by atoms with van der Waals surface area (Å²) < 4.78 is 32.7. The predicted octanol–water partition coefficient (Wildman–Crippen LogP) is 3.47. The molecule has 10 heteroatoms. The quantitative estimate of drug-likeness (QED) is 0.358. The Hall–Kier alpha value is -2.98. The van der Waals surface area contributed by atoms with Crippen LogP contribution in [0.25, 0.3) is 0 Å². The first kappa shape index (κ1) is 22.3. The fraction of sp³-hybridized carbons (Fsp3) is 0.316. The monoisotopic (exact) mass is 420 g/mol. The zero-order chi connectivity index (χ0) is 21.4. The van der Waals surface area contributed by atoms with Crippen LogP contribution in [-0.2, 0) is 10.0 Å². The van der Waals surface area contributed by atoms with Crippen molar-refractivity contribution in [2.45, 2.75) is 25.7 Å². The molecule has 0 aliphatic rings. The van der Waals surface area contributed by atoms with E-state index < -0.39 is 14.9 Å². The van der Waals surface area contributed by atoms with Gasteiger partial charge in [0.05, 0.1) is 23.4 Å². The normalized spacial score (nSPS) is 11.7. The van der Waals surface area contributed by atoms with Gasteiger partial charge in [0.15, 0.2) is 0 Å². The van der Waals surface area contributed by atoms with Gasteiger partial charge in [-0.15, -0.1) is 0 Å². The molecule has 2 rings (SSSR count). The number of hydrogen-bond acceptors (Lipinski definition) is 7. The van der Waals surface area contributed by atoms with Gasteiger partial charge < -0.3 is 4.74 Å². The lowest BCUT2D eigenvalue weighted by molar-refractivity contribution is -0.385. The number of rotatable bonds is 10. The van der Waals surface area contributed by atoms with Crippen LogP contribution in [0.15, 0.2) is 52.5 Å². The lowest BCUT2D eigenvalue weighted by atomic mass is 10.2. The first-order chi connectivity index (χ1) is 13.8. The van der Waals surface area contributed by atoms with Gasteiger partial charge in [0.25, 0.3) is 5.69 Å². The number of para-hydroxylation sites is 1. The number of nitrogens with zero attached hydrogens (tertiary/aromatic N) is 3. The minimum atomic E-state index is -3.93. The number of sulfonamides is 1. The van der Waals surface area contributed by atoms with E-state index in [9.17, 15) is 18.5 Å². The van der Waals surface area contributed by atoms with Gasteiger partial charge in [0.1, 0.15) is 10.6 Å². The van der Waals surface area contributed by atoms with Crippen molar-refractivity contribution in [2.75, 3.05) is 25.1 Å². The Morgan fingerprint density at radius 1 is 1.17 bits per heavy atom. The lowest BCUT2D eigenvalue weighted by Crippen LogP contribution is -2.31. The number of nitro groups is 1. The first-order valence-corrected chi connectivity index (χ1v) is 10.6. The van der Waals surface area contributed by atoms with Crippen molar-refractivity contribution in [1.29, 1.82) is 0 Å². The molecule has 0 spiro atoms. The summed E-state index contributed by atoms with van der Waals surface area (Å²) in [6.07, 6.45) is 1.50. The van der Waals surface area contributed by atoms with Gasteiger partial charge in [-0.25, -0.2) is 8.42 Å². The number of non-ortho nitro benzene ring substituents is 1. The summed E-state index contributed by atoms with van der Waals surface area (Å²) in [6, 6.07) is 10.9. The number of hydrazone groups is 1. The first-order valence-electron chi connectivity index (χ1n) is 9.14. The molecule has 0 radical (unpaired) electrons. The van der Waals surface area contributed by atoms with E-state index in [1.54, 1.807) is 26.0 Å². The maximum absolute atomic E-state index is 13.0. The van der Waals surface area contributed by atoms with Gasteiger partial charge in [-0.05, 0) is 25.1 Å². The molecule has 0 unspecified atom stereocenters. The molecular weight excluding hydrogens is 396 g/mol. The summed E-state index contributed by atoms with van der Waals surface area (Å²) in [6.45, 7) is 6.25. The van der Waals surface area contributed by atoms with E-state index in [2.05, 4.69) is 10.5 Å². The van der Waals surface area contributed by atoms with Crippen LogP contribution in [-0.4, -0.2) is 43.6 Å². The highest BCUT2D eigenvalue weighted by atomic mass is 32.2. The number of anilines is 1. The standard InChI is InChI=1S/C19H24N4O5S/c1-4-22(5-2)29(26,27)19-13-16(23(24)25)11-12-17(19)21-20-14-15-9-7-8-10-18(15)28-6-3/h7-14,21H,4-6H2,1-3H3/b20-14+. The number of nitrogens with one attached hydrogen (secondary N) is 1. The van der Waals surface area contributed by atoms with Gasteiger partial charge in [0, 0.05) is 30.8 Å². The van der Waals surface area contributed by atoms with Crippen LogP contribution in [0.1, 0.15) is 26.3 Å². The minimum absolute atomic E-state index is 0.146. The van der Waals surface area contributed by atoms with Crippen LogP contribution in [0.2, 0.25) is 0 Å². The second-order valence-electron chi connectivity index (χ2n) is 5.87. The fourth-order valence-corrected chi connectivity index (χ4v) is 4.30. The Balaban J connectivity index is 2.42. The third-order valence-corrected chi connectivity index (χ3v) is 6.20. The molecule has 0 atom stereocenters. The molecule has 156 valence electrons. The van der Waals surface area contributed by atoms with Crippen molar-refractivity contribution >= 4 is 27.6 Å². The van der Waals surface area contributed by atoms with E-state index >= 15 is 0 Å². The van der Waals surface area contributed by atoms with Crippen LogP contribution in [0.5, 0.6) is 5.75 Å². The summed E-state index contributed by atoms with van der Waals surface area (Å²) in [7, 11) is -3.93. The molecule has 0 amide bonds. The summed E-state index contributed by atoms with van der Waals surface area (Å²) >= 11 is 0. The Morgan fingerprint density at radius 2 is 1.86 bits per heavy atom. The Kier molecular flexibility index (Phi) is 7.68. The zero-order valence-corrected chi connectivity index (χ0v) is 17.3. The van der Waals surface area contributed by atoms with E-state index in [1.165, 1.54) is 22.7 Å². The number of ether oxygens (including phenoxy) is 1. The molecule has 0 bridgehead atoms. The predicted molar refractivity (Wildman–Crippen MR) is 112 cm³/mol. The summed E-state index contributed by atoms with van der Waals surface area (Å²) in [5.41, 5.74) is 3.23. The van der Waals surface area contributed by atoms with Gasteiger partial charge in [-0.2, -0.15) is 9.41 Å². The third kappa shape index (κ3) is 5.30. The molecule has 0 aliphatic heterocycles. The van der Waals surface area contributed by atoms with Crippen molar-refractivity contribution in [2.24, 2.45) is 5.10 Å². The van der Waals surface area contributed by atoms with Crippen molar-refractivity contribution < 1.29 is 18.1 Å². The largest absolute Gasteiger partial charge is 0.493 e. The van der Waals surface area contributed by atoms with E-state index in [4.69, 9.17) is 4.74 Å². The van der Waals surface area contributed by atoms with Crippen LogP contribution in [0.3, 0.4) is 0 Å². The van der Waals surface area contributed by atoms with Gasteiger partial charge in [0.2, 0.25) is 10.0 Å². The second-order valence-corrected chi connectivity index (χ2v) is 7.77. The maximum atomic E-state index is 13.0. The second kappa shape index (κ2) is 9.99. The van der Waals surface area contributed by atoms with Crippen molar-refractivity contribution in [3.8, 4) is 5.75 Å². The Bertz CT molecular complexity index is 988. The zero-order valence-electron chi connectivity index (χ0n) is 16.5. The fourth-order valence-electron chi connectivity index (χ4n) is 2.68. The molecule has 0 aromatic heterocycles. The highest BCUT2D eigenvalue weighted by Crippen LogP contribution is 2.29. The molecule has 2 aromatic carbocycles. The average molecular weight is 420 g/mol. The van der Waals surface area contributed by atoms with Gasteiger partial charge in [-0.1, -0.05) is 26.0 Å². The van der Waals surface area contributed by atoms with Crippen LogP contribution < -0.4 is 10.2 Å². The number of hydrogen-bond donors (Lipinski definition) is 1. The van der Waals surface area contributed by atoms with Gasteiger partial charge in [-0.3, -0.25) is 15.5 Å². The molecule has 9 nitrogen and oxygen atoms in total. The SMILES string of the molecule is CCOc1ccccc1/C=N/Nc1ccc([N+](=O)[O-])cc1S(=O)(=O)N(CC)CC. The van der Waals surface area contributed by atoms with Crippen LogP contribution >= 0.6 is 0 Å². The highest BCUT2D eigenvalue weighted by molar-refractivity contribution is 7.89. The molecule has 2 aromatic rings. The Labute approximate surface area is 170 Å².